The monoisotopic (exact) mass is 378 g/mol. The third-order valence-electron chi connectivity index (χ3n) is 4.15. The summed E-state index contributed by atoms with van der Waals surface area (Å²) in [5, 5.41) is 1.13. The van der Waals surface area contributed by atoms with Gasteiger partial charge in [-0.15, -0.1) is 0 Å². The fourth-order valence-electron chi connectivity index (χ4n) is 2.98. The van der Waals surface area contributed by atoms with E-state index in [4.69, 9.17) is 4.42 Å². The van der Waals surface area contributed by atoms with Crippen LogP contribution < -0.4 is 0 Å². The number of nitrogens with zero attached hydrogens (tertiary/aromatic N) is 2. The highest BCUT2D eigenvalue weighted by Crippen LogP contribution is 2.29. The van der Waals surface area contributed by atoms with E-state index in [2.05, 4.69) is 74.4 Å². The van der Waals surface area contributed by atoms with E-state index in [-0.39, 0.29) is 5.92 Å². The van der Waals surface area contributed by atoms with Crippen molar-refractivity contribution in [2.24, 2.45) is 0 Å². The predicted molar refractivity (Wildman–Crippen MR) is 97.9 cm³/mol. The Labute approximate surface area is 148 Å². The van der Waals surface area contributed by atoms with E-state index in [1.54, 1.807) is 6.20 Å². The highest BCUT2D eigenvalue weighted by molar-refractivity contribution is 9.10. The molecule has 0 bridgehead atoms. The minimum Gasteiger partial charge on any atom is -0.448 e. The molecule has 2 aromatic carbocycles. The average Bonchev–Trinajstić information content (AvgIpc) is 3.14. The molecule has 24 heavy (non-hydrogen) atoms. The molecule has 0 fully saturated rings. The maximum Gasteiger partial charge on any atom is 0.180 e. The van der Waals surface area contributed by atoms with Gasteiger partial charge in [-0.25, -0.2) is 4.98 Å². The summed E-state index contributed by atoms with van der Waals surface area (Å²) in [6.07, 6.45) is 5.97. The molecule has 0 amide bonds. The molecule has 0 aliphatic rings. The molecule has 1 unspecified atom stereocenters. The summed E-state index contributed by atoms with van der Waals surface area (Å²) in [6.45, 7) is 0. The predicted octanol–water partition coefficient (Wildman–Crippen LogP) is 5.36. The van der Waals surface area contributed by atoms with Gasteiger partial charge in [0.05, 0.1) is 11.7 Å². The standard InChI is InChI=1S/C20H15BrN2O/c21-17-10-16-8-14(6-7-19(16)23-11-17)9-18(20-12-22-13-24-20)15-4-2-1-3-5-15/h1-8,10-13,18H,9H2. The van der Waals surface area contributed by atoms with Crippen molar-refractivity contribution in [2.45, 2.75) is 12.3 Å². The molecule has 118 valence electrons. The van der Waals surface area contributed by atoms with E-state index in [0.29, 0.717) is 0 Å². The molecule has 0 saturated carbocycles. The molecule has 2 heterocycles. The average molecular weight is 379 g/mol. The van der Waals surface area contributed by atoms with Crippen LogP contribution in [0.25, 0.3) is 10.9 Å². The van der Waals surface area contributed by atoms with E-state index < -0.39 is 0 Å². The number of oxazole rings is 1. The Kier molecular flexibility index (Phi) is 4.13. The first kappa shape index (κ1) is 15.1. The molecule has 3 nitrogen and oxygen atoms in total. The number of aromatic nitrogens is 2. The number of fused-ring (bicyclic) bond motifs is 1. The highest BCUT2D eigenvalue weighted by Gasteiger charge is 2.18. The van der Waals surface area contributed by atoms with Crippen LogP contribution in [-0.4, -0.2) is 9.97 Å². The molecular weight excluding hydrogens is 364 g/mol. The molecule has 0 radical (unpaired) electrons. The number of halogens is 1. The van der Waals surface area contributed by atoms with Crippen molar-refractivity contribution in [3.05, 3.63) is 94.7 Å². The topological polar surface area (TPSA) is 38.9 Å². The van der Waals surface area contributed by atoms with Gasteiger partial charge in [-0.3, -0.25) is 4.98 Å². The zero-order valence-electron chi connectivity index (χ0n) is 12.9. The van der Waals surface area contributed by atoms with Gasteiger partial charge in [-0.2, -0.15) is 0 Å². The summed E-state index contributed by atoms with van der Waals surface area (Å²) >= 11 is 3.49. The molecule has 4 rings (SSSR count). The normalized spacial score (nSPS) is 12.4. The summed E-state index contributed by atoms with van der Waals surface area (Å²) in [5.41, 5.74) is 3.47. The Morgan fingerprint density at radius 3 is 2.67 bits per heavy atom. The highest BCUT2D eigenvalue weighted by atomic mass is 79.9. The first-order chi connectivity index (χ1) is 11.8. The first-order valence-corrected chi connectivity index (χ1v) is 8.56. The van der Waals surface area contributed by atoms with Gasteiger partial charge in [0.25, 0.3) is 0 Å². The third-order valence-corrected chi connectivity index (χ3v) is 4.58. The van der Waals surface area contributed by atoms with E-state index >= 15 is 0 Å². The zero-order chi connectivity index (χ0) is 16.4. The van der Waals surface area contributed by atoms with Crippen molar-refractivity contribution in [2.75, 3.05) is 0 Å². The first-order valence-electron chi connectivity index (χ1n) is 7.77. The van der Waals surface area contributed by atoms with E-state index in [1.165, 1.54) is 17.5 Å². The number of pyridine rings is 1. The lowest BCUT2D eigenvalue weighted by molar-refractivity contribution is 0.479. The van der Waals surface area contributed by atoms with Gasteiger partial charge >= 0.3 is 0 Å². The van der Waals surface area contributed by atoms with E-state index in [1.807, 2.05) is 12.3 Å². The van der Waals surface area contributed by atoms with Crippen LogP contribution in [0.2, 0.25) is 0 Å². The van der Waals surface area contributed by atoms with Crippen LogP contribution in [0.15, 0.2) is 82.3 Å². The Bertz CT molecular complexity index is 952. The summed E-state index contributed by atoms with van der Waals surface area (Å²) in [4.78, 5) is 8.52. The van der Waals surface area contributed by atoms with E-state index in [0.717, 1.165) is 27.6 Å². The van der Waals surface area contributed by atoms with Gasteiger partial charge in [0.2, 0.25) is 0 Å². The van der Waals surface area contributed by atoms with Crippen LogP contribution in [0, 0.1) is 0 Å². The molecule has 0 saturated heterocycles. The Morgan fingerprint density at radius 1 is 1.00 bits per heavy atom. The van der Waals surface area contributed by atoms with E-state index in [9.17, 15) is 0 Å². The summed E-state index contributed by atoms with van der Waals surface area (Å²) in [7, 11) is 0. The molecular formula is C20H15BrN2O. The van der Waals surface area contributed by atoms with Gasteiger partial charge in [-0.1, -0.05) is 36.4 Å². The summed E-state index contributed by atoms with van der Waals surface area (Å²) in [6, 6.07) is 18.9. The van der Waals surface area contributed by atoms with Crippen molar-refractivity contribution < 1.29 is 4.42 Å². The van der Waals surface area contributed by atoms with Gasteiger partial charge in [0.1, 0.15) is 5.76 Å². The number of benzene rings is 2. The van der Waals surface area contributed by atoms with Crippen LogP contribution in [0.3, 0.4) is 0 Å². The lowest BCUT2D eigenvalue weighted by Crippen LogP contribution is -2.04. The maximum atomic E-state index is 5.60. The summed E-state index contributed by atoms with van der Waals surface area (Å²) < 4.78 is 6.59. The third kappa shape index (κ3) is 3.10. The molecule has 0 spiro atoms. The van der Waals surface area contributed by atoms with Crippen molar-refractivity contribution in [3.63, 3.8) is 0 Å². The fourth-order valence-corrected chi connectivity index (χ4v) is 3.33. The van der Waals surface area contributed by atoms with Crippen molar-refractivity contribution >= 4 is 26.8 Å². The minimum absolute atomic E-state index is 0.145. The molecule has 0 aliphatic carbocycles. The Hall–Kier alpha value is -2.46. The van der Waals surface area contributed by atoms with Crippen LogP contribution in [-0.2, 0) is 6.42 Å². The number of hydrogen-bond acceptors (Lipinski definition) is 3. The SMILES string of the molecule is Brc1cnc2ccc(CC(c3ccccc3)c3cnco3)cc2c1. The van der Waals surface area contributed by atoms with Crippen LogP contribution in [0.1, 0.15) is 22.8 Å². The Balaban J connectivity index is 1.72. The second kappa shape index (κ2) is 6.57. The number of rotatable bonds is 4. The largest absolute Gasteiger partial charge is 0.448 e. The molecule has 2 aromatic heterocycles. The number of hydrogen-bond donors (Lipinski definition) is 0. The maximum absolute atomic E-state index is 5.60. The van der Waals surface area contributed by atoms with Crippen molar-refractivity contribution in [3.8, 4) is 0 Å². The molecule has 4 heteroatoms. The molecule has 0 aliphatic heterocycles. The second-order valence-electron chi connectivity index (χ2n) is 5.75. The summed E-state index contributed by atoms with van der Waals surface area (Å²) in [5.74, 6) is 1.03. The van der Waals surface area contributed by atoms with Gasteiger partial charge in [0, 0.05) is 22.0 Å². The fraction of sp³-hybridized carbons (Fsp3) is 0.100. The Morgan fingerprint density at radius 2 is 1.88 bits per heavy atom. The smallest absolute Gasteiger partial charge is 0.180 e. The zero-order valence-corrected chi connectivity index (χ0v) is 14.5. The second-order valence-corrected chi connectivity index (χ2v) is 6.67. The van der Waals surface area contributed by atoms with Crippen molar-refractivity contribution in [1.29, 1.82) is 0 Å². The van der Waals surface area contributed by atoms with Gasteiger partial charge in [-0.05, 0) is 51.7 Å². The van der Waals surface area contributed by atoms with Gasteiger partial charge < -0.3 is 4.42 Å². The molecule has 0 N–H and O–H groups in total. The molecule has 4 aromatic rings. The lowest BCUT2D eigenvalue weighted by atomic mass is 9.90. The minimum atomic E-state index is 0.145. The van der Waals surface area contributed by atoms with Gasteiger partial charge in [0.15, 0.2) is 6.39 Å². The lowest BCUT2D eigenvalue weighted by Gasteiger charge is -2.15. The van der Waals surface area contributed by atoms with Crippen molar-refractivity contribution in [1.82, 2.24) is 9.97 Å². The molecule has 1 atom stereocenters. The van der Waals surface area contributed by atoms with Crippen LogP contribution >= 0.6 is 15.9 Å². The quantitative estimate of drug-likeness (QED) is 0.479. The van der Waals surface area contributed by atoms with Crippen LogP contribution in [0.5, 0.6) is 0 Å². The van der Waals surface area contributed by atoms with Crippen LogP contribution in [0.4, 0.5) is 0 Å².